The summed E-state index contributed by atoms with van der Waals surface area (Å²) in [5.41, 5.74) is 2.81. The molecule has 2 aromatic heterocycles. The second-order valence-corrected chi connectivity index (χ2v) is 4.42. The fourth-order valence-electron chi connectivity index (χ4n) is 1.88. The van der Waals surface area contributed by atoms with Gasteiger partial charge in [0.05, 0.1) is 11.4 Å². The second-order valence-electron chi connectivity index (χ2n) is 4.42. The zero-order valence-corrected chi connectivity index (χ0v) is 11.3. The lowest BCUT2D eigenvalue weighted by molar-refractivity contribution is 0.102. The van der Waals surface area contributed by atoms with Crippen molar-refractivity contribution in [3.63, 3.8) is 0 Å². The predicted molar refractivity (Wildman–Crippen MR) is 76.7 cm³/mol. The third-order valence-electron chi connectivity index (χ3n) is 3.02. The Morgan fingerprint density at radius 3 is 2.62 bits per heavy atom. The third kappa shape index (κ3) is 2.79. The van der Waals surface area contributed by atoms with Gasteiger partial charge in [-0.2, -0.15) is 4.98 Å². The van der Waals surface area contributed by atoms with Gasteiger partial charge in [0.2, 0.25) is 12.2 Å². The van der Waals surface area contributed by atoms with Crippen molar-refractivity contribution in [3.8, 4) is 11.4 Å². The molecule has 0 unspecified atom stereocenters. The molecule has 1 amide bonds. The van der Waals surface area contributed by atoms with Gasteiger partial charge in [0.1, 0.15) is 0 Å². The second kappa shape index (κ2) is 5.54. The van der Waals surface area contributed by atoms with Crippen LogP contribution in [0.2, 0.25) is 0 Å². The Hall–Kier alpha value is -3.02. The van der Waals surface area contributed by atoms with E-state index >= 15 is 0 Å². The number of rotatable bonds is 3. The highest BCUT2D eigenvalue weighted by Crippen LogP contribution is 2.17. The Balaban J connectivity index is 1.78. The van der Waals surface area contributed by atoms with E-state index in [1.165, 1.54) is 6.39 Å². The van der Waals surface area contributed by atoms with Gasteiger partial charge >= 0.3 is 0 Å². The summed E-state index contributed by atoms with van der Waals surface area (Å²) in [7, 11) is 0. The van der Waals surface area contributed by atoms with Crippen LogP contribution in [0.15, 0.2) is 53.5 Å². The van der Waals surface area contributed by atoms with E-state index in [1.807, 2.05) is 13.0 Å². The molecule has 0 saturated carbocycles. The molecule has 0 spiro atoms. The molecule has 0 fully saturated rings. The van der Waals surface area contributed by atoms with Crippen LogP contribution in [0.5, 0.6) is 0 Å². The van der Waals surface area contributed by atoms with Crippen LogP contribution in [0, 0.1) is 6.92 Å². The van der Waals surface area contributed by atoms with Crippen molar-refractivity contribution in [2.75, 3.05) is 5.32 Å². The first-order valence-corrected chi connectivity index (χ1v) is 6.34. The number of carbonyl (C=O) groups is 1. The van der Waals surface area contributed by atoms with E-state index in [0.717, 1.165) is 11.3 Å². The highest BCUT2D eigenvalue weighted by molar-refractivity contribution is 6.04. The smallest absolute Gasteiger partial charge is 0.255 e. The van der Waals surface area contributed by atoms with E-state index in [-0.39, 0.29) is 5.91 Å². The molecule has 104 valence electrons. The fourth-order valence-corrected chi connectivity index (χ4v) is 1.88. The molecule has 0 radical (unpaired) electrons. The minimum absolute atomic E-state index is 0.189. The number of aryl methyl sites for hydroxylation is 1. The first-order chi connectivity index (χ1) is 10.2. The highest BCUT2D eigenvalue weighted by Gasteiger charge is 2.09. The molecule has 3 aromatic rings. The summed E-state index contributed by atoms with van der Waals surface area (Å²) in [6.07, 6.45) is 2.95. The molecule has 1 aromatic carbocycles. The normalized spacial score (nSPS) is 10.3. The van der Waals surface area contributed by atoms with E-state index in [2.05, 4.69) is 20.4 Å². The minimum atomic E-state index is -0.189. The van der Waals surface area contributed by atoms with Gasteiger partial charge in [-0.1, -0.05) is 17.3 Å². The first kappa shape index (κ1) is 13.0. The van der Waals surface area contributed by atoms with Crippen molar-refractivity contribution in [2.24, 2.45) is 0 Å². The van der Waals surface area contributed by atoms with Crippen LogP contribution >= 0.6 is 0 Å². The van der Waals surface area contributed by atoms with Crippen molar-refractivity contribution in [1.29, 1.82) is 0 Å². The molecular formula is C15H12N4O2. The average molecular weight is 280 g/mol. The summed E-state index contributed by atoms with van der Waals surface area (Å²) in [6, 6.07) is 10.6. The summed E-state index contributed by atoms with van der Waals surface area (Å²) in [5, 5.41) is 6.57. The number of benzene rings is 1. The zero-order chi connectivity index (χ0) is 14.7. The van der Waals surface area contributed by atoms with Gasteiger partial charge in [-0.15, -0.1) is 0 Å². The van der Waals surface area contributed by atoms with Crippen molar-refractivity contribution in [2.45, 2.75) is 6.92 Å². The molecule has 0 aliphatic carbocycles. The topological polar surface area (TPSA) is 80.9 Å². The molecule has 0 saturated heterocycles. The maximum Gasteiger partial charge on any atom is 0.255 e. The maximum atomic E-state index is 12.2. The number of hydrogen-bond acceptors (Lipinski definition) is 5. The van der Waals surface area contributed by atoms with Gasteiger partial charge in [-0.25, -0.2) is 0 Å². The molecule has 6 heteroatoms. The van der Waals surface area contributed by atoms with Crippen molar-refractivity contribution in [3.05, 3.63) is 60.2 Å². The number of pyridine rings is 1. The molecule has 0 aliphatic rings. The average Bonchev–Trinajstić information content (AvgIpc) is 3.04. The molecule has 2 heterocycles. The SMILES string of the molecule is Cc1ncccc1NC(=O)c1ccc(-c2ncon2)cc1. The third-order valence-corrected chi connectivity index (χ3v) is 3.02. The number of aromatic nitrogens is 3. The number of nitrogens with one attached hydrogen (secondary N) is 1. The summed E-state index contributed by atoms with van der Waals surface area (Å²) in [5.74, 6) is 0.302. The number of nitrogens with zero attached hydrogens (tertiary/aromatic N) is 3. The standard InChI is InChI=1S/C15H12N4O2/c1-10-13(3-2-8-16-10)18-15(20)12-6-4-11(5-7-12)14-17-9-21-19-14/h2-9H,1H3,(H,18,20). The largest absolute Gasteiger partial charge is 0.342 e. The number of carbonyl (C=O) groups excluding carboxylic acids is 1. The van der Waals surface area contributed by atoms with Gasteiger partial charge in [0.15, 0.2) is 0 Å². The highest BCUT2D eigenvalue weighted by atomic mass is 16.5. The number of hydrogen-bond donors (Lipinski definition) is 1. The zero-order valence-electron chi connectivity index (χ0n) is 11.3. The molecule has 6 nitrogen and oxygen atoms in total. The van der Waals surface area contributed by atoms with Crippen molar-refractivity contribution in [1.82, 2.24) is 15.1 Å². The Labute approximate surface area is 120 Å². The van der Waals surface area contributed by atoms with E-state index in [1.54, 1.807) is 36.5 Å². The number of anilines is 1. The van der Waals surface area contributed by atoms with Crippen LogP contribution in [-0.4, -0.2) is 21.0 Å². The minimum Gasteiger partial charge on any atom is -0.342 e. The molecular weight excluding hydrogens is 268 g/mol. The van der Waals surface area contributed by atoms with Crippen LogP contribution in [0.1, 0.15) is 16.1 Å². The summed E-state index contributed by atoms with van der Waals surface area (Å²) in [6.45, 7) is 1.84. The van der Waals surface area contributed by atoms with Gasteiger partial charge in [-0.3, -0.25) is 9.78 Å². The quantitative estimate of drug-likeness (QED) is 0.797. The van der Waals surface area contributed by atoms with Crippen LogP contribution in [0.3, 0.4) is 0 Å². The molecule has 21 heavy (non-hydrogen) atoms. The van der Waals surface area contributed by atoms with Crippen molar-refractivity contribution < 1.29 is 9.32 Å². The maximum absolute atomic E-state index is 12.2. The monoisotopic (exact) mass is 280 g/mol. The van der Waals surface area contributed by atoms with Gasteiger partial charge in [0.25, 0.3) is 5.91 Å². The molecule has 0 aliphatic heterocycles. The Morgan fingerprint density at radius 2 is 1.95 bits per heavy atom. The molecule has 3 rings (SSSR count). The summed E-state index contributed by atoms with van der Waals surface area (Å²) in [4.78, 5) is 20.3. The Morgan fingerprint density at radius 1 is 1.14 bits per heavy atom. The lowest BCUT2D eigenvalue weighted by atomic mass is 10.1. The summed E-state index contributed by atoms with van der Waals surface area (Å²) >= 11 is 0. The van der Waals surface area contributed by atoms with Crippen molar-refractivity contribution >= 4 is 11.6 Å². The Kier molecular flexibility index (Phi) is 3.42. The number of amides is 1. The molecule has 1 N–H and O–H groups in total. The van der Waals surface area contributed by atoms with E-state index in [4.69, 9.17) is 4.52 Å². The van der Waals surface area contributed by atoms with E-state index in [0.29, 0.717) is 17.1 Å². The van der Waals surface area contributed by atoms with Crippen LogP contribution in [0.25, 0.3) is 11.4 Å². The van der Waals surface area contributed by atoms with E-state index < -0.39 is 0 Å². The van der Waals surface area contributed by atoms with Crippen LogP contribution in [-0.2, 0) is 0 Å². The lowest BCUT2D eigenvalue weighted by Crippen LogP contribution is -2.13. The van der Waals surface area contributed by atoms with Gasteiger partial charge in [-0.05, 0) is 31.2 Å². The van der Waals surface area contributed by atoms with Crippen LogP contribution in [0.4, 0.5) is 5.69 Å². The lowest BCUT2D eigenvalue weighted by Gasteiger charge is -2.07. The summed E-state index contributed by atoms with van der Waals surface area (Å²) < 4.78 is 4.69. The Bertz CT molecular complexity index is 752. The first-order valence-electron chi connectivity index (χ1n) is 6.34. The van der Waals surface area contributed by atoms with Gasteiger partial charge in [0, 0.05) is 17.3 Å². The van der Waals surface area contributed by atoms with Crippen LogP contribution < -0.4 is 5.32 Å². The van der Waals surface area contributed by atoms with Gasteiger partial charge < -0.3 is 9.84 Å². The molecule has 0 atom stereocenters. The van der Waals surface area contributed by atoms with E-state index in [9.17, 15) is 4.79 Å². The molecule has 0 bridgehead atoms. The fraction of sp³-hybridized carbons (Fsp3) is 0.0667. The predicted octanol–water partition coefficient (Wildman–Crippen LogP) is 2.69.